The highest BCUT2D eigenvalue weighted by molar-refractivity contribution is 5.87. The molecule has 3 rings (SSSR count). The van der Waals surface area contributed by atoms with Crippen molar-refractivity contribution < 1.29 is 13.9 Å². The van der Waals surface area contributed by atoms with Crippen molar-refractivity contribution in [3.8, 4) is 17.3 Å². The molecular formula is C19H18FN5O2. The number of anilines is 1. The van der Waals surface area contributed by atoms with E-state index in [1.165, 1.54) is 23.0 Å². The van der Waals surface area contributed by atoms with Gasteiger partial charge in [-0.1, -0.05) is 19.9 Å². The van der Waals surface area contributed by atoms with Crippen LogP contribution in [0, 0.1) is 17.1 Å². The van der Waals surface area contributed by atoms with E-state index >= 15 is 0 Å². The van der Waals surface area contributed by atoms with Crippen LogP contribution in [0.15, 0.2) is 36.7 Å². The number of amides is 1. The van der Waals surface area contributed by atoms with E-state index in [4.69, 9.17) is 10.00 Å². The van der Waals surface area contributed by atoms with E-state index in [9.17, 15) is 9.18 Å². The molecule has 0 aliphatic rings. The average Bonchev–Trinajstić information content (AvgIpc) is 3.13. The average molecular weight is 367 g/mol. The molecule has 138 valence electrons. The Morgan fingerprint density at radius 2 is 2.11 bits per heavy atom. The predicted molar refractivity (Wildman–Crippen MR) is 97.6 cm³/mol. The Balaban J connectivity index is 1.97. The van der Waals surface area contributed by atoms with Gasteiger partial charge in [0.25, 0.3) is 0 Å². The molecule has 0 fully saturated rings. The molecule has 2 aromatic heterocycles. The van der Waals surface area contributed by atoms with Crippen LogP contribution in [0.25, 0.3) is 16.9 Å². The highest BCUT2D eigenvalue weighted by atomic mass is 19.1. The molecule has 1 N–H and O–H groups in total. The van der Waals surface area contributed by atoms with Crippen molar-refractivity contribution in [1.82, 2.24) is 14.6 Å². The maximum atomic E-state index is 14.0. The van der Waals surface area contributed by atoms with Gasteiger partial charge >= 0.3 is 6.09 Å². The van der Waals surface area contributed by atoms with Gasteiger partial charge in [-0.3, -0.25) is 5.32 Å². The summed E-state index contributed by atoms with van der Waals surface area (Å²) in [6.45, 7) is 3.89. The number of rotatable bonds is 5. The second-order valence-electron chi connectivity index (χ2n) is 5.93. The Kier molecular flexibility index (Phi) is 5.31. The Morgan fingerprint density at radius 3 is 2.78 bits per heavy atom. The molecule has 27 heavy (non-hydrogen) atoms. The smallest absolute Gasteiger partial charge is 0.411 e. The summed E-state index contributed by atoms with van der Waals surface area (Å²) in [6, 6.07) is 9.35. The lowest BCUT2D eigenvalue weighted by Gasteiger charge is -2.15. The van der Waals surface area contributed by atoms with Crippen LogP contribution in [-0.4, -0.2) is 26.8 Å². The number of carbonyl (C=O) groups excluding carboxylic acids is 1. The summed E-state index contributed by atoms with van der Waals surface area (Å²) < 4.78 is 20.9. The molecule has 0 saturated heterocycles. The predicted octanol–water partition coefficient (Wildman–Crippen LogP) is 4.14. The standard InChI is InChI=1S/C19H18FN5O2/c1-3-15(4-2)27-19(26)24-14-8-17(25-18(9-14)22-11-23-25)12-5-6-13(10-21)16(20)7-12/h5-9,11,15H,3-4H2,1-2H3,(H,24,26). The zero-order chi connectivity index (χ0) is 19.4. The van der Waals surface area contributed by atoms with Crippen molar-refractivity contribution in [3.05, 3.63) is 48.0 Å². The summed E-state index contributed by atoms with van der Waals surface area (Å²) in [5.41, 5.74) is 1.91. The molecule has 0 atom stereocenters. The second-order valence-corrected chi connectivity index (χ2v) is 5.93. The quantitative estimate of drug-likeness (QED) is 0.731. The van der Waals surface area contributed by atoms with Gasteiger partial charge in [0, 0.05) is 17.3 Å². The van der Waals surface area contributed by atoms with Crippen LogP contribution in [0.2, 0.25) is 0 Å². The molecule has 3 aromatic rings. The minimum atomic E-state index is -0.630. The number of fused-ring (bicyclic) bond motifs is 1. The molecule has 0 saturated carbocycles. The van der Waals surface area contributed by atoms with E-state index < -0.39 is 11.9 Å². The SMILES string of the molecule is CCC(CC)OC(=O)Nc1cc(-c2ccc(C#N)c(F)c2)n2ncnc2c1. The molecule has 0 radical (unpaired) electrons. The number of nitrogens with one attached hydrogen (secondary N) is 1. The van der Waals surface area contributed by atoms with Crippen LogP contribution < -0.4 is 5.32 Å². The summed E-state index contributed by atoms with van der Waals surface area (Å²) in [5, 5.41) is 15.7. The minimum Gasteiger partial charge on any atom is -0.446 e. The maximum absolute atomic E-state index is 14.0. The van der Waals surface area contributed by atoms with Gasteiger partial charge in [-0.05, 0) is 31.0 Å². The van der Waals surface area contributed by atoms with E-state index in [-0.39, 0.29) is 11.7 Å². The van der Waals surface area contributed by atoms with Crippen molar-refractivity contribution in [2.75, 3.05) is 5.32 Å². The van der Waals surface area contributed by atoms with E-state index in [1.807, 2.05) is 13.8 Å². The van der Waals surface area contributed by atoms with Gasteiger partial charge in [0.05, 0.1) is 11.3 Å². The van der Waals surface area contributed by atoms with Crippen LogP contribution in [0.5, 0.6) is 0 Å². The van der Waals surface area contributed by atoms with Crippen LogP contribution in [0.1, 0.15) is 32.3 Å². The molecule has 7 nitrogen and oxygen atoms in total. The van der Waals surface area contributed by atoms with Crippen LogP contribution in [-0.2, 0) is 4.74 Å². The van der Waals surface area contributed by atoms with Crippen LogP contribution in [0.3, 0.4) is 0 Å². The zero-order valence-corrected chi connectivity index (χ0v) is 14.9. The van der Waals surface area contributed by atoms with Crippen molar-refractivity contribution in [2.45, 2.75) is 32.8 Å². The fourth-order valence-electron chi connectivity index (χ4n) is 2.72. The van der Waals surface area contributed by atoms with E-state index in [2.05, 4.69) is 15.4 Å². The van der Waals surface area contributed by atoms with E-state index in [0.29, 0.717) is 22.6 Å². The van der Waals surface area contributed by atoms with Crippen molar-refractivity contribution in [3.63, 3.8) is 0 Å². The third-order valence-corrected chi connectivity index (χ3v) is 4.20. The van der Waals surface area contributed by atoms with Gasteiger partial charge in [0.2, 0.25) is 0 Å². The number of benzene rings is 1. The number of ether oxygens (including phenoxy) is 1. The molecule has 0 unspecified atom stereocenters. The molecule has 1 amide bonds. The van der Waals surface area contributed by atoms with Gasteiger partial charge in [-0.15, -0.1) is 0 Å². The molecule has 2 heterocycles. The molecule has 0 bridgehead atoms. The number of hydrogen-bond donors (Lipinski definition) is 1. The number of pyridine rings is 1. The highest BCUT2D eigenvalue weighted by Gasteiger charge is 2.14. The van der Waals surface area contributed by atoms with E-state index in [0.717, 1.165) is 12.8 Å². The first-order valence-electron chi connectivity index (χ1n) is 8.57. The fourth-order valence-corrected chi connectivity index (χ4v) is 2.72. The van der Waals surface area contributed by atoms with Crippen molar-refractivity contribution >= 4 is 17.4 Å². The van der Waals surface area contributed by atoms with E-state index in [1.54, 1.807) is 24.3 Å². The number of aromatic nitrogens is 3. The third-order valence-electron chi connectivity index (χ3n) is 4.20. The van der Waals surface area contributed by atoms with Crippen molar-refractivity contribution in [2.24, 2.45) is 0 Å². The fraction of sp³-hybridized carbons (Fsp3) is 0.263. The summed E-state index contributed by atoms with van der Waals surface area (Å²) in [6.07, 6.45) is 2.09. The molecule has 8 heteroatoms. The monoisotopic (exact) mass is 367 g/mol. The number of hydrogen-bond acceptors (Lipinski definition) is 5. The Morgan fingerprint density at radius 1 is 1.33 bits per heavy atom. The molecule has 0 spiro atoms. The van der Waals surface area contributed by atoms with Crippen LogP contribution >= 0.6 is 0 Å². The van der Waals surface area contributed by atoms with Gasteiger partial charge < -0.3 is 4.74 Å². The molecule has 1 aromatic carbocycles. The summed E-state index contributed by atoms with van der Waals surface area (Å²) in [7, 11) is 0. The highest BCUT2D eigenvalue weighted by Crippen LogP contribution is 2.26. The Hall–Kier alpha value is -3.47. The summed E-state index contributed by atoms with van der Waals surface area (Å²) >= 11 is 0. The lowest BCUT2D eigenvalue weighted by Crippen LogP contribution is -2.21. The molecule has 0 aliphatic heterocycles. The number of halogens is 1. The lowest BCUT2D eigenvalue weighted by molar-refractivity contribution is 0.106. The minimum absolute atomic E-state index is 0.0448. The van der Waals surface area contributed by atoms with Gasteiger partial charge in [-0.25, -0.2) is 18.7 Å². The molecular weight excluding hydrogens is 349 g/mol. The number of nitriles is 1. The van der Waals surface area contributed by atoms with Gasteiger partial charge in [0.1, 0.15) is 24.3 Å². The summed E-state index contributed by atoms with van der Waals surface area (Å²) in [4.78, 5) is 16.3. The summed E-state index contributed by atoms with van der Waals surface area (Å²) in [5.74, 6) is -0.630. The Bertz CT molecular complexity index is 1020. The zero-order valence-electron chi connectivity index (χ0n) is 14.9. The second kappa shape index (κ2) is 7.83. The first kappa shape index (κ1) is 18.3. The normalized spacial score (nSPS) is 10.8. The first-order chi connectivity index (χ1) is 13.0. The van der Waals surface area contributed by atoms with Gasteiger partial charge in [0.15, 0.2) is 5.65 Å². The Labute approximate surface area is 155 Å². The molecule has 0 aliphatic carbocycles. The van der Waals surface area contributed by atoms with Crippen LogP contribution in [0.4, 0.5) is 14.9 Å². The maximum Gasteiger partial charge on any atom is 0.411 e. The number of carbonyl (C=O) groups is 1. The van der Waals surface area contributed by atoms with Gasteiger partial charge in [-0.2, -0.15) is 10.4 Å². The lowest BCUT2D eigenvalue weighted by atomic mass is 10.1. The third kappa shape index (κ3) is 3.87. The number of nitrogens with zero attached hydrogens (tertiary/aromatic N) is 4. The topological polar surface area (TPSA) is 92.3 Å². The first-order valence-corrected chi connectivity index (χ1v) is 8.57. The largest absolute Gasteiger partial charge is 0.446 e. The van der Waals surface area contributed by atoms with Crippen molar-refractivity contribution in [1.29, 1.82) is 5.26 Å².